The fourth-order valence-electron chi connectivity index (χ4n) is 1.07. The lowest BCUT2D eigenvalue weighted by Crippen LogP contribution is -2.16. The maximum atomic E-state index is 11.6. The van der Waals surface area contributed by atoms with Crippen molar-refractivity contribution in [2.24, 2.45) is 5.73 Å². The molecule has 0 atom stereocenters. The first-order valence-corrected chi connectivity index (χ1v) is 4.42. The van der Waals surface area contributed by atoms with Crippen molar-refractivity contribution in [3.05, 3.63) is 18.2 Å². The molecule has 0 aliphatic heterocycles. The van der Waals surface area contributed by atoms with Gasteiger partial charge in [0.25, 0.3) is 0 Å². The van der Waals surface area contributed by atoms with Gasteiger partial charge >= 0.3 is 6.36 Å². The molecule has 1 heterocycles. The molecule has 0 aromatic carbocycles. The summed E-state index contributed by atoms with van der Waals surface area (Å²) in [5.74, 6) is 0. The number of nitrogens with zero attached hydrogens (tertiary/aromatic N) is 2. The summed E-state index contributed by atoms with van der Waals surface area (Å²) in [4.78, 5) is 3.97. The van der Waals surface area contributed by atoms with Crippen molar-refractivity contribution in [3.63, 3.8) is 0 Å². The Morgan fingerprint density at radius 2 is 2.20 bits per heavy atom. The van der Waals surface area contributed by atoms with E-state index >= 15 is 0 Å². The molecule has 1 aromatic rings. The third-order valence-electron chi connectivity index (χ3n) is 1.70. The summed E-state index contributed by atoms with van der Waals surface area (Å²) in [6, 6.07) is 0. The number of rotatable bonds is 5. The van der Waals surface area contributed by atoms with E-state index in [1.807, 2.05) is 0 Å². The van der Waals surface area contributed by atoms with E-state index < -0.39 is 13.0 Å². The Morgan fingerprint density at radius 1 is 1.47 bits per heavy atom. The molecule has 2 N–H and O–H groups in total. The molecule has 1 aromatic heterocycles. The van der Waals surface area contributed by atoms with Crippen molar-refractivity contribution >= 4 is 0 Å². The zero-order valence-corrected chi connectivity index (χ0v) is 8.00. The Hall–Kier alpha value is -1.08. The van der Waals surface area contributed by atoms with Crippen molar-refractivity contribution in [1.29, 1.82) is 0 Å². The predicted molar refractivity (Wildman–Crippen MR) is 47.0 cm³/mol. The van der Waals surface area contributed by atoms with E-state index in [4.69, 9.17) is 5.73 Å². The molecule has 0 spiro atoms. The monoisotopic (exact) mass is 223 g/mol. The van der Waals surface area contributed by atoms with Gasteiger partial charge in [-0.1, -0.05) is 0 Å². The van der Waals surface area contributed by atoms with Gasteiger partial charge < -0.3 is 10.3 Å². The number of hydrogen-bond acceptors (Lipinski definition) is 3. The van der Waals surface area contributed by atoms with E-state index in [1.165, 1.54) is 10.9 Å². The van der Waals surface area contributed by atoms with Gasteiger partial charge in [-0.2, -0.15) is 0 Å². The normalized spacial score (nSPS) is 12.0. The van der Waals surface area contributed by atoms with Crippen LogP contribution in [0.2, 0.25) is 0 Å². The Balaban J connectivity index is 2.31. The standard InChI is InChI=1S/C8H12F3N3O/c9-8(10,11)15-4-3-14-5-7(1-2-12)13-6-14/h5-6H,1-4,12H2. The SMILES string of the molecule is NCCc1cn(CCOC(F)(F)F)cn1. The molecular weight excluding hydrogens is 211 g/mol. The molecule has 1 rings (SSSR count). The Bertz CT molecular complexity index is 298. The molecule has 0 amide bonds. The second-order valence-electron chi connectivity index (χ2n) is 2.94. The van der Waals surface area contributed by atoms with Crippen molar-refractivity contribution in [2.75, 3.05) is 13.2 Å². The molecule has 0 unspecified atom stereocenters. The first-order chi connectivity index (χ1) is 7.01. The summed E-state index contributed by atoms with van der Waals surface area (Å²) < 4.78 is 40.0. The van der Waals surface area contributed by atoms with Crippen LogP contribution < -0.4 is 5.73 Å². The zero-order valence-electron chi connectivity index (χ0n) is 8.00. The number of hydrogen-bond donors (Lipinski definition) is 1. The summed E-state index contributed by atoms with van der Waals surface area (Å²) in [6.07, 6.45) is -0.828. The number of imidazole rings is 1. The van der Waals surface area contributed by atoms with E-state index in [1.54, 1.807) is 6.20 Å². The summed E-state index contributed by atoms with van der Waals surface area (Å²) in [5, 5.41) is 0. The minimum absolute atomic E-state index is 0.122. The zero-order chi connectivity index (χ0) is 11.3. The highest BCUT2D eigenvalue weighted by Gasteiger charge is 2.28. The lowest BCUT2D eigenvalue weighted by atomic mass is 10.3. The minimum atomic E-state index is -4.57. The van der Waals surface area contributed by atoms with E-state index in [-0.39, 0.29) is 6.54 Å². The number of halogens is 3. The highest BCUT2D eigenvalue weighted by atomic mass is 19.4. The first-order valence-electron chi connectivity index (χ1n) is 4.42. The minimum Gasteiger partial charge on any atom is -0.335 e. The second-order valence-corrected chi connectivity index (χ2v) is 2.94. The van der Waals surface area contributed by atoms with Crippen LogP contribution in [-0.4, -0.2) is 29.1 Å². The van der Waals surface area contributed by atoms with Gasteiger partial charge in [0, 0.05) is 19.2 Å². The van der Waals surface area contributed by atoms with Crippen LogP contribution in [0.1, 0.15) is 5.69 Å². The number of aromatic nitrogens is 2. The molecular formula is C8H12F3N3O. The topological polar surface area (TPSA) is 53.1 Å². The highest BCUT2D eigenvalue weighted by molar-refractivity contribution is 4.96. The van der Waals surface area contributed by atoms with Crippen LogP contribution in [-0.2, 0) is 17.7 Å². The summed E-state index contributed by atoms with van der Waals surface area (Å²) >= 11 is 0. The van der Waals surface area contributed by atoms with E-state index in [0.29, 0.717) is 13.0 Å². The average Bonchev–Trinajstić information content (AvgIpc) is 2.51. The first kappa shape index (κ1) is 12.0. The second kappa shape index (κ2) is 5.13. The smallest absolute Gasteiger partial charge is 0.335 e. The molecule has 0 aliphatic rings. The highest BCUT2D eigenvalue weighted by Crippen LogP contribution is 2.15. The van der Waals surface area contributed by atoms with Gasteiger partial charge in [-0.15, -0.1) is 13.2 Å². The predicted octanol–water partition coefficient (Wildman–Crippen LogP) is 0.921. The summed E-state index contributed by atoms with van der Waals surface area (Å²) in [5.41, 5.74) is 6.07. The van der Waals surface area contributed by atoms with Crippen LogP contribution in [0.3, 0.4) is 0 Å². The van der Waals surface area contributed by atoms with Crippen molar-refractivity contribution in [1.82, 2.24) is 9.55 Å². The quantitative estimate of drug-likeness (QED) is 0.807. The van der Waals surface area contributed by atoms with Gasteiger partial charge in [-0.3, -0.25) is 4.74 Å². The van der Waals surface area contributed by atoms with Gasteiger partial charge in [0.2, 0.25) is 0 Å². The number of nitrogens with two attached hydrogens (primary N) is 1. The van der Waals surface area contributed by atoms with E-state index in [0.717, 1.165) is 5.69 Å². The fourth-order valence-corrected chi connectivity index (χ4v) is 1.07. The van der Waals surface area contributed by atoms with Gasteiger partial charge in [0.1, 0.15) is 0 Å². The molecule has 0 saturated heterocycles. The summed E-state index contributed by atoms with van der Waals surface area (Å²) in [7, 11) is 0. The summed E-state index contributed by atoms with van der Waals surface area (Å²) in [6.45, 7) is 0.176. The van der Waals surface area contributed by atoms with Crippen molar-refractivity contribution < 1.29 is 17.9 Å². The van der Waals surface area contributed by atoms with Crippen LogP contribution in [0.4, 0.5) is 13.2 Å². The lowest BCUT2D eigenvalue weighted by molar-refractivity contribution is -0.325. The molecule has 7 heteroatoms. The van der Waals surface area contributed by atoms with Crippen LogP contribution in [0.5, 0.6) is 0 Å². The Kier molecular flexibility index (Phi) is 4.10. The number of alkyl halides is 3. The number of ether oxygens (including phenoxy) is 1. The molecule has 86 valence electrons. The lowest BCUT2D eigenvalue weighted by Gasteiger charge is -2.06. The van der Waals surface area contributed by atoms with Crippen molar-refractivity contribution in [3.8, 4) is 0 Å². The van der Waals surface area contributed by atoms with Crippen LogP contribution in [0.15, 0.2) is 12.5 Å². The maximum Gasteiger partial charge on any atom is 0.522 e. The largest absolute Gasteiger partial charge is 0.522 e. The third-order valence-corrected chi connectivity index (χ3v) is 1.70. The Labute approximate surface area is 84.8 Å². The molecule has 4 nitrogen and oxygen atoms in total. The average molecular weight is 223 g/mol. The molecule has 0 bridgehead atoms. The maximum absolute atomic E-state index is 11.6. The van der Waals surface area contributed by atoms with Crippen LogP contribution >= 0.6 is 0 Å². The van der Waals surface area contributed by atoms with Crippen LogP contribution in [0.25, 0.3) is 0 Å². The van der Waals surface area contributed by atoms with Gasteiger partial charge in [0.15, 0.2) is 0 Å². The Morgan fingerprint density at radius 3 is 2.80 bits per heavy atom. The molecule has 15 heavy (non-hydrogen) atoms. The van der Waals surface area contributed by atoms with E-state index in [9.17, 15) is 13.2 Å². The van der Waals surface area contributed by atoms with Gasteiger partial charge in [-0.25, -0.2) is 4.98 Å². The molecule has 0 fully saturated rings. The molecule has 0 saturated carbocycles. The third kappa shape index (κ3) is 4.80. The molecule has 0 aliphatic carbocycles. The van der Waals surface area contributed by atoms with Gasteiger partial charge in [0.05, 0.1) is 18.6 Å². The van der Waals surface area contributed by atoms with Crippen molar-refractivity contribution in [2.45, 2.75) is 19.3 Å². The molecule has 0 radical (unpaired) electrons. The fraction of sp³-hybridized carbons (Fsp3) is 0.625. The van der Waals surface area contributed by atoms with E-state index in [2.05, 4.69) is 9.72 Å². The van der Waals surface area contributed by atoms with Crippen LogP contribution in [0, 0.1) is 0 Å². The van der Waals surface area contributed by atoms with Gasteiger partial charge in [-0.05, 0) is 6.54 Å².